The van der Waals surface area contributed by atoms with E-state index in [4.69, 9.17) is 0 Å². The first-order chi connectivity index (χ1) is 7.54. The van der Waals surface area contributed by atoms with Crippen molar-refractivity contribution in [3.05, 3.63) is 12.2 Å². The molecule has 0 aromatic heterocycles. The molecule has 1 rings (SSSR count). The van der Waals surface area contributed by atoms with Crippen LogP contribution in [0.4, 0.5) is 0 Å². The van der Waals surface area contributed by atoms with Gasteiger partial charge in [-0.15, -0.1) is 0 Å². The lowest BCUT2D eigenvalue weighted by atomic mass is 9.77. The maximum Gasteiger partial charge on any atom is 0.0163 e. The third kappa shape index (κ3) is 4.92. The van der Waals surface area contributed by atoms with Crippen LogP contribution in [0.25, 0.3) is 0 Å². The van der Waals surface area contributed by atoms with E-state index >= 15 is 0 Å². The molecule has 1 nitrogen and oxygen atoms in total. The normalized spacial score (nSPS) is 24.9. The minimum absolute atomic E-state index is 0.483. The second-order valence-electron chi connectivity index (χ2n) is 5.95. The van der Waals surface area contributed by atoms with Crippen molar-refractivity contribution in [1.82, 2.24) is 4.90 Å². The summed E-state index contributed by atoms with van der Waals surface area (Å²) in [5.41, 5.74) is 0.483. The minimum Gasteiger partial charge on any atom is -0.300 e. The molecule has 1 saturated heterocycles. The Hall–Kier alpha value is 0.0500. The van der Waals surface area contributed by atoms with E-state index in [0.717, 1.165) is 18.2 Å². The van der Waals surface area contributed by atoms with E-state index in [1.165, 1.54) is 32.4 Å². The van der Waals surface area contributed by atoms with E-state index in [2.05, 4.69) is 50.5 Å². The van der Waals surface area contributed by atoms with E-state index in [-0.39, 0.29) is 0 Å². The molecular weight excluding hydrogens is 214 g/mol. The minimum atomic E-state index is 0.483. The van der Waals surface area contributed by atoms with Gasteiger partial charge in [-0.1, -0.05) is 32.9 Å². The van der Waals surface area contributed by atoms with Crippen LogP contribution in [0.3, 0.4) is 0 Å². The smallest absolute Gasteiger partial charge is 0.0163 e. The average molecular weight is 241 g/mol. The quantitative estimate of drug-likeness (QED) is 0.583. The van der Waals surface area contributed by atoms with Crippen LogP contribution in [0, 0.1) is 11.3 Å². The Morgan fingerprint density at radius 1 is 1.19 bits per heavy atom. The molecule has 16 heavy (non-hydrogen) atoms. The van der Waals surface area contributed by atoms with E-state index in [9.17, 15) is 0 Å². The Labute approximate surface area is 107 Å². The second kappa shape index (κ2) is 6.70. The van der Waals surface area contributed by atoms with Crippen molar-refractivity contribution in [3.63, 3.8) is 0 Å². The van der Waals surface area contributed by atoms with E-state index in [1.807, 2.05) is 0 Å². The summed E-state index contributed by atoms with van der Waals surface area (Å²) in [6.07, 6.45) is 8.52. The van der Waals surface area contributed by atoms with E-state index in [1.54, 1.807) is 0 Å². The zero-order chi connectivity index (χ0) is 12.0. The Bertz CT molecular complexity index is 217. The maximum absolute atomic E-state index is 4.19. The number of hydrogen-bond acceptors (Lipinski definition) is 2. The van der Waals surface area contributed by atoms with Gasteiger partial charge < -0.3 is 0 Å². The van der Waals surface area contributed by atoms with Crippen LogP contribution in [0.1, 0.15) is 40.0 Å². The molecule has 1 fully saturated rings. The SMILES string of the molecule is CC(C)(C)C1CCCN(CC=CCS)CC1. The van der Waals surface area contributed by atoms with Gasteiger partial charge in [-0.05, 0) is 43.7 Å². The van der Waals surface area contributed by atoms with Crippen LogP contribution in [0.15, 0.2) is 12.2 Å². The molecular formula is C14H27NS. The predicted octanol–water partition coefficient (Wildman–Crippen LogP) is 3.62. The summed E-state index contributed by atoms with van der Waals surface area (Å²) >= 11 is 4.19. The fraction of sp³-hybridized carbons (Fsp3) is 0.857. The Morgan fingerprint density at radius 2 is 1.94 bits per heavy atom. The number of nitrogens with zero attached hydrogens (tertiary/aromatic N) is 1. The zero-order valence-electron chi connectivity index (χ0n) is 11.1. The van der Waals surface area contributed by atoms with Gasteiger partial charge in [-0.25, -0.2) is 0 Å². The standard InChI is InChI=1S/C14H27NS/c1-14(2,3)13-7-6-10-15(11-8-13)9-4-5-12-16/h4-5,13,16H,6-12H2,1-3H3. The highest BCUT2D eigenvalue weighted by Gasteiger charge is 2.26. The lowest BCUT2D eigenvalue weighted by Crippen LogP contribution is -2.26. The Morgan fingerprint density at radius 3 is 2.56 bits per heavy atom. The number of rotatable bonds is 3. The molecule has 0 amide bonds. The van der Waals surface area contributed by atoms with Crippen molar-refractivity contribution in [3.8, 4) is 0 Å². The Kier molecular flexibility index (Phi) is 5.91. The predicted molar refractivity (Wildman–Crippen MR) is 76.2 cm³/mol. The fourth-order valence-corrected chi connectivity index (χ4v) is 2.65. The van der Waals surface area contributed by atoms with Crippen LogP contribution in [0.2, 0.25) is 0 Å². The summed E-state index contributed by atoms with van der Waals surface area (Å²) in [5.74, 6) is 1.75. The van der Waals surface area contributed by atoms with Crippen molar-refractivity contribution in [2.45, 2.75) is 40.0 Å². The molecule has 0 bridgehead atoms. The zero-order valence-corrected chi connectivity index (χ0v) is 12.0. The third-order valence-electron chi connectivity index (χ3n) is 3.68. The number of thiol groups is 1. The first-order valence-electron chi connectivity index (χ1n) is 6.52. The van der Waals surface area contributed by atoms with Gasteiger partial charge in [0.2, 0.25) is 0 Å². The summed E-state index contributed by atoms with van der Waals surface area (Å²) in [5, 5.41) is 0. The maximum atomic E-state index is 4.19. The van der Waals surface area contributed by atoms with Crippen LogP contribution in [-0.2, 0) is 0 Å². The van der Waals surface area contributed by atoms with Gasteiger partial charge in [0.05, 0.1) is 0 Å². The van der Waals surface area contributed by atoms with Gasteiger partial charge in [0.15, 0.2) is 0 Å². The topological polar surface area (TPSA) is 3.24 Å². The van der Waals surface area contributed by atoms with Gasteiger partial charge in [0, 0.05) is 12.3 Å². The van der Waals surface area contributed by atoms with Crippen molar-refractivity contribution < 1.29 is 0 Å². The summed E-state index contributed by atoms with van der Waals surface area (Å²) < 4.78 is 0. The molecule has 0 aromatic carbocycles. The van der Waals surface area contributed by atoms with E-state index < -0.39 is 0 Å². The lowest BCUT2D eigenvalue weighted by molar-refractivity contribution is 0.211. The van der Waals surface area contributed by atoms with Crippen LogP contribution in [0.5, 0.6) is 0 Å². The van der Waals surface area contributed by atoms with E-state index in [0.29, 0.717) is 5.41 Å². The third-order valence-corrected chi connectivity index (χ3v) is 3.89. The monoisotopic (exact) mass is 241 g/mol. The lowest BCUT2D eigenvalue weighted by Gasteiger charge is -2.29. The first-order valence-corrected chi connectivity index (χ1v) is 7.15. The van der Waals surface area contributed by atoms with Gasteiger partial charge in [-0.2, -0.15) is 12.6 Å². The highest BCUT2D eigenvalue weighted by Crippen LogP contribution is 2.34. The molecule has 0 aromatic rings. The summed E-state index contributed by atoms with van der Waals surface area (Å²) in [7, 11) is 0. The van der Waals surface area contributed by atoms with Crippen molar-refractivity contribution in [1.29, 1.82) is 0 Å². The fourth-order valence-electron chi connectivity index (χ4n) is 2.50. The van der Waals surface area contributed by atoms with Crippen molar-refractivity contribution in [2.75, 3.05) is 25.4 Å². The molecule has 1 unspecified atom stereocenters. The molecule has 0 aliphatic carbocycles. The molecule has 0 N–H and O–H groups in total. The molecule has 0 radical (unpaired) electrons. The molecule has 1 aliphatic heterocycles. The second-order valence-corrected chi connectivity index (χ2v) is 6.31. The molecule has 0 spiro atoms. The Balaban J connectivity index is 2.37. The molecule has 0 saturated carbocycles. The summed E-state index contributed by atoms with van der Waals surface area (Å²) in [4.78, 5) is 2.58. The highest BCUT2D eigenvalue weighted by atomic mass is 32.1. The van der Waals surface area contributed by atoms with Crippen LogP contribution < -0.4 is 0 Å². The molecule has 1 atom stereocenters. The van der Waals surface area contributed by atoms with Gasteiger partial charge in [0.25, 0.3) is 0 Å². The summed E-state index contributed by atoms with van der Waals surface area (Å²) in [6, 6.07) is 0. The largest absolute Gasteiger partial charge is 0.300 e. The molecule has 1 aliphatic rings. The van der Waals surface area contributed by atoms with Crippen molar-refractivity contribution >= 4 is 12.6 Å². The average Bonchev–Trinajstić information content (AvgIpc) is 2.43. The van der Waals surface area contributed by atoms with Gasteiger partial charge >= 0.3 is 0 Å². The molecule has 94 valence electrons. The van der Waals surface area contributed by atoms with Crippen molar-refractivity contribution in [2.24, 2.45) is 11.3 Å². The molecule has 2 heteroatoms. The van der Waals surface area contributed by atoms with Crippen LogP contribution in [-0.4, -0.2) is 30.3 Å². The molecule has 1 heterocycles. The van der Waals surface area contributed by atoms with Gasteiger partial charge in [-0.3, -0.25) is 4.90 Å². The first kappa shape index (κ1) is 14.1. The van der Waals surface area contributed by atoms with Crippen LogP contribution >= 0.6 is 12.6 Å². The summed E-state index contributed by atoms with van der Waals surface area (Å²) in [6.45, 7) is 10.8. The number of likely N-dealkylation sites (tertiary alicyclic amines) is 1. The van der Waals surface area contributed by atoms with Gasteiger partial charge in [0.1, 0.15) is 0 Å². The number of hydrogen-bond donors (Lipinski definition) is 1. The highest BCUT2D eigenvalue weighted by molar-refractivity contribution is 7.80.